The number of ether oxygens (including phenoxy) is 2. The van der Waals surface area contributed by atoms with Gasteiger partial charge in [0.05, 0.1) is 13.2 Å². The number of aliphatic imine (C=N–C) groups is 1. The van der Waals surface area contributed by atoms with Gasteiger partial charge in [0.15, 0.2) is 5.96 Å². The van der Waals surface area contributed by atoms with Crippen LogP contribution in [0.2, 0.25) is 0 Å². The van der Waals surface area contributed by atoms with Crippen molar-refractivity contribution in [3.63, 3.8) is 0 Å². The Morgan fingerprint density at radius 1 is 1.14 bits per heavy atom. The molecule has 4 N–H and O–H groups in total. The topological polar surface area (TPSA) is 175 Å². The van der Waals surface area contributed by atoms with Gasteiger partial charge >= 0.3 is 18.1 Å². The van der Waals surface area contributed by atoms with Crippen LogP contribution in [0.5, 0.6) is 5.88 Å². The standard InChI is InChI=1S/C21H24F3N7O5/c1-12-13(2)28-16(30-19(12)36-18(34)4-3-17(32)33)7-10-35-9-6-14-26-8-5-15(29-14)31-20(25)27-11-21(22,23)24/h3-5,8H,6-7,9-11H2,1-2H3,(H,32,33)(H3,25,26,27,29,31)/b4-3-. The molecule has 12 nitrogen and oxygen atoms in total. The number of alkyl halides is 3. The van der Waals surface area contributed by atoms with Crippen LogP contribution in [0.25, 0.3) is 0 Å². The Labute approximate surface area is 203 Å². The van der Waals surface area contributed by atoms with Gasteiger partial charge in [0.2, 0.25) is 5.88 Å². The molecule has 0 radical (unpaired) electrons. The molecule has 0 aliphatic carbocycles. The molecule has 2 aromatic heterocycles. The van der Waals surface area contributed by atoms with E-state index in [4.69, 9.17) is 20.3 Å². The molecule has 0 amide bonds. The van der Waals surface area contributed by atoms with Crippen LogP contribution in [-0.2, 0) is 27.2 Å². The number of hydrogen-bond acceptors (Lipinski definition) is 9. The Balaban J connectivity index is 1.85. The van der Waals surface area contributed by atoms with Gasteiger partial charge in [0.1, 0.15) is 24.0 Å². The number of aliphatic carboxylic acids is 1. The Morgan fingerprint density at radius 2 is 1.83 bits per heavy atom. The zero-order valence-electron chi connectivity index (χ0n) is 19.4. The lowest BCUT2D eigenvalue weighted by Crippen LogP contribution is -2.26. The number of carbonyl (C=O) groups excluding carboxylic acids is 1. The molecule has 2 rings (SSSR count). The molecular formula is C21H24F3N7O5. The predicted molar refractivity (Wildman–Crippen MR) is 120 cm³/mol. The first-order valence-corrected chi connectivity index (χ1v) is 10.4. The number of esters is 1. The first-order chi connectivity index (χ1) is 16.9. The number of hydrogen-bond donors (Lipinski definition) is 3. The SMILES string of the molecule is Cc1nc(CCOCCc2nccc(NC(N)=NCC(F)(F)F)n2)nc(OC(=O)/C=C\C(=O)O)c1C. The molecular weight excluding hydrogens is 487 g/mol. The Hall–Kier alpha value is -4.14. The van der Waals surface area contributed by atoms with Crippen LogP contribution in [0.3, 0.4) is 0 Å². The number of rotatable bonds is 11. The van der Waals surface area contributed by atoms with Gasteiger partial charge in [0, 0.05) is 42.4 Å². The summed E-state index contributed by atoms with van der Waals surface area (Å²) in [5.74, 6) is -1.66. The number of aromatic nitrogens is 4. The molecule has 15 heteroatoms. The third kappa shape index (κ3) is 10.4. The van der Waals surface area contributed by atoms with Crippen LogP contribution in [-0.4, -0.2) is 68.9 Å². The Kier molecular flexibility index (Phi) is 10.2. The van der Waals surface area contributed by atoms with Crippen molar-refractivity contribution in [2.45, 2.75) is 32.9 Å². The van der Waals surface area contributed by atoms with E-state index in [2.05, 4.69) is 30.2 Å². The van der Waals surface area contributed by atoms with E-state index in [0.29, 0.717) is 41.8 Å². The number of carboxylic acids is 1. The summed E-state index contributed by atoms with van der Waals surface area (Å²) in [4.78, 5) is 42.2. The van der Waals surface area contributed by atoms with Gasteiger partial charge in [-0.25, -0.2) is 29.5 Å². The van der Waals surface area contributed by atoms with E-state index in [9.17, 15) is 22.8 Å². The lowest BCUT2D eigenvalue weighted by molar-refractivity contribution is -0.133. The molecule has 0 saturated carbocycles. The average molecular weight is 511 g/mol. The van der Waals surface area contributed by atoms with Crippen molar-refractivity contribution in [2.75, 3.05) is 25.1 Å². The highest BCUT2D eigenvalue weighted by molar-refractivity contribution is 5.92. The summed E-state index contributed by atoms with van der Waals surface area (Å²) in [6, 6.07) is 1.43. The maximum absolute atomic E-state index is 12.2. The number of nitrogens with two attached hydrogens (primary N) is 1. The van der Waals surface area contributed by atoms with Crippen LogP contribution in [0, 0.1) is 13.8 Å². The summed E-state index contributed by atoms with van der Waals surface area (Å²) < 4.78 is 47.3. The number of anilines is 1. The van der Waals surface area contributed by atoms with E-state index in [0.717, 1.165) is 6.08 Å². The van der Waals surface area contributed by atoms with Gasteiger partial charge in [-0.1, -0.05) is 0 Å². The summed E-state index contributed by atoms with van der Waals surface area (Å²) in [6.45, 7) is 2.42. The maximum Gasteiger partial charge on any atom is 0.408 e. The zero-order chi connectivity index (χ0) is 26.7. The molecule has 36 heavy (non-hydrogen) atoms. The zero-order valence-corrected chi connectivity index (χ0v) is 19.4. The van der Waals surface area contributed by atoms with E-state index in [1.54, 1.807) is 13.8 Å². The molecule has 194 valence electrons. The van der Waals surface area contributed by atoms with Crippen LogP contribution >= 0.6 is 0 Å². The maximum atomic E-state index is 12.2. The fourth-order valence-corrected chi connectivity index (χ4v) is 2.50. The summed E-state index contributed by atoms with van der Waals surface area (Å²) in [7, 11) is 0. The van der Waals surface area contributed by atoms with Crippen molar-refractivity contribution in [1.29, 1.82) is 0 Å². The molecule has 2 aromatic rings. The van der Waals surface area contributed by atoms with Gasteiger partial charge < -0.3 is 25.6 Å². The molecule has 0 fully saturated rings. The van der Waals surface area contributed by atoms with E-state index in [1.165, 1.54) is 12.3 Å². The second-order valence-corrected chi connectivity index (χ2v) is 7.16. The predicted octanol–water partition coefficient (Wildman–Crippen LogP) is 1.52. The van der Waals surface area contributed by atoms with Crippen molar-refractivity contribution in [3.8, 4) is 5.88 Å². The van der Waals surface area contributed by atoms with Gasteiger partial charge in [0.25, 0.3) is 0 Å². The Bertz CT molecular complexity index is 1140. The molecule has 0 saturated heterocycles. The first kappa shape index (κ1) is 28.1. The van der Waals surface area contributed by atoms with Crippen molar-refractivity contribution in [3.05, 3.63) is 47.3 Å². The molecule has 0 aliphatic heterocycles. The normalized spacial score (nSPS) is 12.1. The number of carboxylic acid groups (broad SMARTS) is 1. The van der Waals surface area contributed by atoms with Crippen LogP contribution in [0.1, 0.15) is 22.9 Å². The smallest absolute Gasteiger partial charge is 0.408 e. The van der Waals surface area contributed by atoms with E-state index < -0.39 is 30.6 Å². The summed E-state index contributed by atoms with van der Waals surface area (Å²) in [6.07, 6.45) is -1.01. The minimum absolute atomic E-state index is 0.0216. The van der Waals surface area contributed by atoms with Crippen molar-refractivity contribution >= 4 is 23.7 Å². The number of nitrogens with one attached hydrogen (secondary N) is 1. The lowest BCUT2D eigenvalue weighted by atomic mass is 10.2. The number of guanidine groups is 1. The van der Waals surface area contributed by atoms with Crippen LogP contribution < -0.4 is 15.8 Å². The van der Waals surface area contributed by atoms with Gasteiger partial charge in [-0.05, 0) is 19.9 Å². The summed E-state index contributed by atoms with van der Waals surface area (Å²) in [5, 5.41) is 11.1. The number of nitrogens with zero attached hydrogens (tertiary/aromatic N) is 5. The third-order valence-corrected chi connectivity index (χ3v) is 4.28. The Morgan fingerprint density at radius 3 is 2.50 bits per heavy atom. The lowest BCUT2D eigenvalue weighted by Gasteiger charge is -2.10. The monoisotopic (exact) mass is 511 g/mol. The molecule has 0 unspecified atom stereocenters. The van der Waals surface area contributed by atoms with Crippen molar-refractivity contribution in [1.82, 2.24) is 19.9 Å². The number of aryl methyl sites for hydroxylation is 1. The first-order valence-electron chi connectivity index (χ1n) is 10.4. The van der Waals surface area contributed by atoms with Crippen LogP contribution in [0.15, 0.2) is 29.4 Å². The van der Waals surface area contributed by atoms with E-state index >= 15 is 0 Å². The summed E-state index contributed by atoms with van der Waals surface area (Å²) >= 11 is 0. The second kappa shape index (κ2) is 13.1. The third-order valence-electron chi connectivity index (χ3n) is 4.28. The van der Waals surface area contributed by atoms with Crippen molar-refractivity contribution < 1.29 is 37.3 Å². The van der Waals surface area contributed by atoms with Gasteiger partial charge in [-0.3, -0.25) is 0 Å². The van der Waals surface area contributed by atoms with E-state index in [-0.39, 0.29) is 24.9 Å². The fourth-order valence-electron chi connectivity index (χ4n) is 2.50. The van der Waals surface area contributed by atoms with Crippen molar-refractivity contribution in [2.24, 2.45) is 10.7 Å². The quantitative estimate of drug-likeness (QED) is 0.131. The minimum atomic E-state index is -4.46. The molecule has 0 aromatic carbocycles. The molecule has 0 spiro atoms. The number of carbonyl (C=O) groups is 2. The highest BCUT2D eigenvalue weighted by atomic mass is 19.4. The second-order valence-electron chi connectivity index (χ2n) is 7.16. The number of halogens is 3. The van der Waals surface area contributed by atoms with Gasteiger partial charge in [-0.15, -0.1) is 0 Å². The molecule has 0 aliphatic rings. The fraction of sp³-hybridized carbons (Fsp3) is 0.381. The molecule has 0 atom stereocenters. The summed E-state index contributed by atoms with van der Waals surface area (Å²) in [5.41, 5.74) is 6.55. The minimum Gasteiger partial charge on any atom is -0.478 e. The highest BCUT2D eigenvalue weighted by Crippen LogP contribution is 2.18. The highest BCUT2D eigenvalue weighted by Gasteiger charge is 2.26. The van der Waals surface area contributed by atoms with Crippen LogP contribution in [0.4, 0.5) is 19.0 Å². The average Bonchev–Trinajstić information content (AvgIpc) is 2.79. The van der Waals surface area contributed by atoms with Gasteiger partial charge in [-0.2, -0.15) is 18.2 Å². The largest absolute Gasteiger partial charge is 0.478 e. The molecule has 2 heterocycles. The van der Waals surface area contributed by atoms with E-state index in [1.807, 2.05) is 0 Å². The molecule has 0 bridgehead atoms.